The second-order valence-corrected chi connectivity index (χ2v) is 8.87. The zero-order valence-corrected chi connectivity index (χ0v) is 15.8. The fourth-order valence-corrected chi connectivity index (χ4v) is 3.25. The number of hydrogen-bond donors (Lipinski definition) is 2. The van der Waals surface area contributed by atoms with Gasteiger partial charge < -0.3 is 9.84 Å². The Bertz CT molecular complexity index is 832. The smallest absolute Gasteiger partial charge is 0.261 e. The summed E-state index contributed by atoms with van der Waals surface area (Å²) in [5.74, 6) is -0.127. The fourth-order valence-electron chi connectivity index (χ4n) is 2.75. The summed E-state index contributed by atoms with van der Waals surface area (Å²) in [5.41, 5.74) is 2.26. The van der Waals surface area contributed by atoms with Crippen LogP contribution in [0.5, 0.6) is 5.75 Å². The quantitative estimate of drug-likeness (QED) is 0.777. The molecule has 3 rings (SSSR count). The zero-order chi connectivity index (χ0) is 18.9. The van der Waals surface area contributed by atoms with E-state index in [0.29, 0.717) is 41.0 Å². The Hall–Kier alpha value is -2.05. The Morgan fingerprint density at radius 2 is 2.04 bits per heavy atom. The van der Waals surface area contributed by atoms with Crippen molar-refractivity contribution in [3.8, 4) is 16.9 Å². The highest BCUT2D eigenvalue weighted by Gasteiger charge is 2.22. The van der Waals surface area contributed by atoms with E-state index in [1.807, 2.05) is 20.8 Å². The van der Waals surface area contributed by atoms with Gasteiger partial charge in [0.2, 0.25) is 0 Å². The first-order chi connectivity index (χ1) is 12.2. The summed E-state index contributed by atoms with van der Waals surface area (Å²) in [6.07, 6.45) is -0.0180. The van der Waals surface area contributed by atoms with Gasteiger partial charge in [-0.05, 0) is 68.1 Å². The van der Waals surface area contributed by atoms with Gasteiger partial charge in [-0.1, -0.05) is 12.1 Å². The third-order valence-electron chi connectivity index (χ3n) is 4.01. The highest BCUT2D eigenvalue weighted by atomic mass is 32.2. The number of aliphatic hydroxyl groups excluding tert-OH is 1. The number of hydrogen-bond acceptors (Lipinski definition) is 4. The Kier molecular flexibility index (Phi) is 5.25. The average molecular weight is 375 g/mol. The summed E-state index contributed by atoms with van der Waals surface area (Å²) < 4.78 is 22.2. The zero-order valence-electron chi connectivity index (χ0n) is 15.0. The molecule has 2 aromatic carbocycles. The minimum Gasteiger partial charge on any atom is -0.493 e. The number of ether oxygens (including phenoxy) is 1. The lowest BCUT2D eigenvalue weighted by Crippen LogP contribution is -2.23. The summed E-state index contributed by atoms with van der Waals surface area (Å²) in [7, 11) is 0. The molecule has 0 bridgehead atoms. The molecular formula is C20H22FNO3S. The van der Waals surface area contributed by atoms with E-state index in [1.54, 1.807) is 18.2 Å². The molecule has 138 valence electrons. The van der Waals surface area contributed by atoms with Gasteiger partial charge >= 0.3 is 0 Å². The fraction of sp³-hybridized carbons (Fsp3) is 0.350. The average Bonchev–Trinajstić information content (AvgIpc) is 2.59. The van der Waals surface area contributed by atoms with Gasteiger partial charge in [0.15, 0.2) is 0 Å². The van der Waals surface area contributed by atoms with Gasteiger partial charge in [0.1, 0.15) is 11.6 Å². The first-order valence-electron chi connectivity index (χ1n) is 8.48. The third-order valence-corrected chi connectivity index (χ3v) is 4.91. The maximum absolute atomic E-state index is 13.9. The van der Waals surface area contributed by atoms with Gasteiger partial charge in [-0.25, -0.2) is 4.39 Å². The molecule has 2 aromatic rings. The molecule has 1 aliphatic heterocycles. The summed E-state index contributed by atoms with van der Waals surface area (Å²) >= 11 is 1.32. The van der Waals surface area contributed by atoms with Crippen molar-refractivity contribution in [2.24, 2.45) is 0 Å². The molecule has 1 heterocycles. The minimum absolute atomic E-state index is 0.133. The number of amides is 1. The van der Waals surface area contributed by atoms with Gasteiger partial charge in [-0.3, -0.25) is 9.52 Å². The number of carbonyl (C=O) groups excluding carboxylic acids is 1. The SMILES string of the molecule is CC(C)(C)SNC(=O)c1ccc(F)cc1-c1ccc2c(c1)OCC[C@@H]2O. The number of halogens is 1. The lowest BCUT2D eigenvalue weighted by atomic mass is 9.95. The Morgan fingerprint density at radius 3 is 2.77 bits per heavy atom. The van der Waals surface area contributed by atoms with Crippen molar-refractivity contribution >= 4 is 17.9 Å². The number of rotatable bonds is 3. The van der Waals surface area contributed by atoms with Crippen molar-refractivity contribution in [2.75, 3.05) is 6.61 Å². The number of aliphatic hydroxyl groups is 1. The molecule has 0 aliphatic carbocycles. The van der Waals surface area contributed by atoms with Crippen LogP contribution in [-0.4, -0.2) is 22.4 Å². The van der Waals surface area contributed by atoms with E-state index in [2.05, 4.69) is 4.72 Å². The molecule has 0 aromatic heterocycles. The molecule has 0 fully saturated rings. The number of carbonyl (C=O) groups is 1. The van der Waals surface area contributed by atoms with Crippen molar-refractivity contribution < 1.29 is 19.0 Å². The van der Waals surface area contributed by atoms with Crippen LogP contribution in [0, 0.1) is 5.82 Å². The van der Waals surface area contributed by atoms with Gasteiger partial charge in [0, 0.05) is 22.3 Å². The van der Waals surface area contributed by atoms with Crippen LogP contribution >= 0.6 is 11.9 Å². The topological polar surface area (TPSA) is 58.6 Å². The third kappa shape index (κ3) is 4.19. The van der Waals surface area contributed by atoms with Crippen LogP contribution in [0.15, 0.2) is 36.4 Å². The number of fused-ring (bicyclic) bond motifs is 1. The van der Waals surface area contributed by atoms with E-state index in [9.17, 15) is 14.3 Å². The molecule has 1 atom stereocenters. The highest BCUT2D eigenvalue weighted by molar-refractivity contribution is 7.99. The van der Waals surface area contributed by atoms with Gasteiger partial charge in [0.05, 0.1) is 12.7 Å². The van der Waals surface area contributed by atoms with Crippen LogP contribution in [0.3, 0.4) is 0 Å². The molecule has 0 radical (unpaired) electrons. The summed E-state index contributed by atoms with van der Waals surface area (Å²) in [5, 5.41) is 10.0. The van der Waals surface area contributed by atoms with Crippen molar-refractivity contribution in [3.63, 3.8) is 0 Å². The molecule has 0 saturated carbocycles. The van der Waals surface area contributed by atoms with Crippen LogP contribution in [0.4, 0.5) is 4.39 Å². The summed E-state index contributed by atoms with van der Waals surface area (Å²) in [4.78, 5) is 12.6. The molecule has 0 spiro atoms. The Labute approximate surface area is 156 Å². The second-order valence-electron chi connectivity index (χ2n) is 7.24. The van der Waals surface area contributed by atoms with Gasteiger partial charge in [-0.2, -0.15) is 0 Å². The number of benzene rings is 2. The van der Waals surface area contributed by atoms with Crippen LogP contribution in [0.25, 0.3) is 11.1 Å². The molecular weight excluding hydrogens is 353 g/mol. The Balaban J connectivity index is 1.97. The maximum atomic E-state index is 13.9. The van der Waals surface area contributed by atoms with Crippen molar-refractivity contribution in [3.05, 3.63) is 53.3 Å². The van der Waals surface area contributed by atoms with Gasteiger partial charge in [-0.15, -0.1) is 0 Å². The first-order valence-corrected chi connectivity index (χ1v) is 9.29. The molecule has 1 aliphatic rings. The van der Waals surface area contributed by atoms with Crippen molar-refractivity contribution in [2.45, 2.75) is 38.0 Å². The van der Waals surface area contributed by atoms with Crippen LogP contribution in [-0.2, 0) is 0 Å². The van der Waals surface area contributed by atoms with Crippen molar-refractivity contribution in [1.29, 1.82) is 0 Å². The monoisotopic (exact) mass is 375 g/mol. The molecule has 1 amide bonds. The molecule has 6 heteroatoms. The minimum atomic E-state index is -0.564. The van der Waals surface area contributed by atoms with Crippen LogP contribution in [0.1, 0.15) is 49.2 Å². The first kappa shape index (κ1) is 18.7. The van der Waals surface area contributed by atoms with E-state index in [4.69, 9.17) is 4.74 Å². The van der Waals surface area contributed by atoms with E-state index < -0.39 is 11.9 Å². The van der Waals surface area contributed by atoms with E-state index >= 15 is 0 Å². The molecule has 26 heavy (non-hydrogen) atoms. The number of nitrogens with one attached hydrogen (secondary N) is 1. The Morgan fingerprint density at radius 1 is 1.27 bits per heavy atom. The molecule has 4 nitrogen and oxygen atoms in total. The van der Waals surface area contributed by atoms with Crippen LogP contribution < -0.4 is 9.46 Å². The van der Waals surface area contributed by atoms with Crippen molar-refractivity contribution in [1.82, 2.24) is 4.72 Å². The molecule has 2 N–H and O–H groups in total. The van der Waals surface area contributed by atoms with E-state index in [0.717, 1.165) is 0 Å². The molecule has 0 unspecified atom stereocenters. The normalized spacial score (nSPS) is 16.6. The van der Waals surface area contributed by atoms with Gasteiger partial charge in [0.25, 0.3) is 5.91 Å². The summed E-state index contributed by atoms with van der Waals surface area (Å²) in [6.45, 7) is 6.41. The lowest BCUT2D eigenvalue weighted by molar-refractivity contribution is 0.0984. The molecule has 0 saturated heterocycles. The van der Waals surface area contributed by atoms with E-state index in [1.165, 1.54) is 30.1 Å². The predicted octanol–water partition coefficient (Wildman–Crippen LogP) is 4.49. The van der Waals surface area contributed by atoms with Crippen LogP contribution in [0.2, 0.25) is 0 Å². The largest absolute Gasteiger partial charge is 0.493 e. The predicted molar refractivity (Wildman–Crippen MR) is 102 cm³/mol. The van der Waals surface area contributed by atoms with E-state index in [-0.39, 0.29) is 10.7 Å². The maximum Gasteiger partial charge on any atom is 0.261 e. The highest BCUT2D eigenvalue weighted by Crippen LogP contribution is 2.36. The second kappa shape index (κ2) is 7.29. The lowest BCUT2D eigenvalue weighted by Gasteiger charge is -2.23. The standard InChI is InChI=1S/C20H22FNO3S/c1-20(2,3)26-22-19(24)14-7-5-13(21)11-16(14)12-4-6-15-17(23)8-9-25-18(15)10-12/h4-7,10-11,17,23H,8-9H2,1-3H3,(H,22,24)/t17-/m0/s1. The summed E-state index contributed by atoms with van der Waals surface area (Å²) in [6, 6.07) is 9.40.